The molecule has 0 radical (unpaired) electrons. The smallest absolute Gasteiger partial charge is 0.243 e. The Balaban J connectivity index is 1.61. The van der Waals surface area contributed by atoms with E-state index in [2.05, 4.69) is 15.5 Å². The summed E-state index contributed by atoms with van der Waals surface area (Å²) in [5.74, 6) is -0.182. The van der Waals surface area contributed by atoms with Gasteiger partial charge in [0.15, 0.2) is 5.82 Å². The first-order valence-corrected chi connectivity index (χ1v) is 10.4. The summed E-state index contributed by atoms with van der Waals surface area (Å²) in [5, 5.41) is 6.77. The van der Waals surface area contributed by atoms with E-state index in [9.17, 15) is 17.6 Å². The molecule has 0 bridgehead atoms. The third kappa shape index (κ3) is 4.22. The lowest BCUT2D eigenvalue weighted by molar-refractivity contribution is -0.128. The number of carbonyl (C=O) groups excluding carboxylic acids is 1. The van der Waals surface area contributed by atoms with Gasteiger partial charge in [-0.05, 0) is 51.0 Å². The van der Waals surface area contributed by atoms with Gasteiger partial charge in [-0.3, -0.25) is 4.79 Å². The van der Waals surface area contributed by atoms with Crippen LogP contribution < -0.4 is 5.32 Å². The first-order valence-electron chi connectivity index (χ1n) is 8.98. The molecule has 2 heterocycles. The van der Waals surface area contributed by atoms with E-state index in [1.807, 2.05) is 0 Å². The van der Waals surface area contributed by atoms with Gasteiger partial charge >= 0.3 is 0 Å². The Kier molecular flexibility index (Phi) is 5.53. The number of halogens is 1. The maximum Gasteiger partial charge on any atom is 0.243 e. The van der Waals surface area contributed by atoms with E-state index >= 15 is 0 Å². The molecular formula is C18H23FN4O4S. The zero-order valence-electron chi connectivity index (χ0n) is 16.0. The summed E-state index contributed by atoms with van der Waals surface area (Å²) in [6.45, 7) is 5.68. The molecule has 1 saturated heterocycles. The number of piperidine rings is 1. The fourth-order valence-corrected chi connectivity index (χ4v) is 4.60. The van der Waals surface area contributed by atoms with Gasteiger partial charge in [-0.25, -0.2) is 12.8 Å². The van der Waals surface area contributed by atoms with Crippen molar-refractivity contribution in [1.29, 1.82) is 0 Å². The number of amides is 1. The molecule has 1 aromatic carbocycles. The highest BCUT2D eigenvalue weighted by Gasteiger charge is 2.35. The number of hydrogen-bond acceptors (Lipinski definition) is 6. The monoisotopic (exact) mass is 410 g/mol. The standard InChI is InChI=1S/C18H23FN4O4S/c1-12-20-17(22-27-12)18(2,3)21-16(24)13-8-10-23(11-9-13)28(25,26)15-6-4-14(19)5-7-15/h4-7,13H,8-11H2,1-3H3,(H,21,24). The maximum absolute atomic E-state index is 13.0. The predicted octanol–water partition coefficient (Wildman–Crippen LogP) is 1.97. The molecule has 1 amide bonds. The number of nitrogens with one attached hydrogen (secondary N) is 1. The predicted molar refractivity (Wildman–Crippen MR) is 98.1 cm³/mol. The third-order valence-corrected chi connectivity index (χ3v) is 6.71. The largest absolute Gasteiger partial charge is 0.344 e. The van der Waals surface area contributed by atoms with Crippen LogP contribution in [0.1, 0.15) is 38.4 Å². The molecule has 8 nitrogen and oxygen atoms in total. The molecule has 28 heavy (non-hydrogen) atoms. The first-order chi connectivity index (χ1) is 13.1. The minimum Gasteiger partial charge on any atom is -0.344 e. The fourth-order valence-electron chi connectivity index (χ4n) is 3.13. The molecule has 0 unspecified atom stereocenters. The molecule has 1 aromatic heterocycles. The van der Waals surface area contributed by atoms with Crippen LogP contribution in [-0.4, -0.2) is 41.9 Å². The van der Waals surface area contributed by atoms with Gasteiger partial charge in [-0.1, -0.05) is 5.16 Å². The molecule has 1 N–H and O–H groups in total. The molecule has 1 aliphatic rings. The Morgan fingerprint density at radius 3 is 2.39 bits per heavy atom. The van der Waals surface area contributed by atoms with E-state index in [1.165, 1.54) is 16.4 Å². The number of sulfonamides is 1. The molecule has 2 aromatic rings. The van der Waals surface area contributed by atoms with Crippen LogP contribution in [0, 0.1) is 18.7 Å². The van der Waals surface area contributed by atoms with Gasteiger partial charge in [0.2, 0.25) is 21.8 Å². The zero-order valence-corrected chi connectivity index (χ0v) is 16.8. The van der Waals surface area contributed by atoms with Crippen molar-refractivity contribution in [2.75, 3.05) is 13.1 Å². The van der Waals surface area contributed by atoms with Crippen LogP contribution in [0.4, 0.5) is 4.39 Å². The van der Waals surface area contributed by atoms with Gasteiger partial charge in [0, 0.05) is 25.9 Å². The second kappa shape index (κ2) is 7.59. The van der Waals surface area contributed by atoms with Crippen LogP contribution in [-0.2, 0) is 20.4 Å². The van der Waals surface area contributed by atoms with Crippen molar-refractivity contribution in [2.24, 2.45) is 5.92 Å². The number of benzene rings is 1. The van der Waals surface area contributed by atoms with Crippen LogP contribution in [0.3, 0.4) is 0 Å². The summed E-state index contributed by atoms with van der Waals surface area (Å²) < 4.78 is 44.7. The lowest BCUT2D eigenvalue weighted by atomic mass is 9.95. The average molecular weight is 410 g/mol. The highest BCUT2D eigenvalue weighted by atomic mass is 32.2. The third-order valence-electron chi connectivity index (χ3n) is 4.80. The van der Waals surface area contributed by atoms with Gasteiger partial charge in [0.1, 0.15) is 5.82 Å². The second-order valence-corrected chi connectivity index (χ2v) is 9.32. The van der Waals surface area contributed by atoms with Gasteiger partial charge in [-0.15, -0.1) is 0 Å². The van der Waals surface area contributed by atoms with E-state index < -0.39 is 21.4 Å². The molecule has 152 valence electrons. The van der Waals surface area contributed by atoms with Crippen molar-refractivity contribution < 1.29 is 22.1 Å². The normalized spacial score (nSPS) is 16.9. The van der Waals surface area contributed by atoms with Gasteiger partial charge < -0.3 is 9.84 Å². The van der Waals surface area contributed by atoms with Gasteiger partial charge in [-0.2, -0.15) is 9.29 Å². The van der Waals surface area contributed by atoms with Crippen molar-refractivity contribution in [1.82, 2.24) is 19.8 Å². The summed E-state index contributed by atoms with van der Waals surface area (Å²) in [7, 11) is -3.70. The Morgan fingerprint density at radius 1 is 1.25 bits per heavy atom. The molecule has 1 fully saturated rings. The summed E-state index contributed by atoms with van der Waals surface area (Å²) in [4.78, 5) is 16.9. The summed E-state index contributed by atoms with van der Waals surface area (Å²) in [6.07, 6.45) is 0.793. The lowest BCUT2D eigenvalue weighted by Crippen LogP contribution is -2.48. The lowest BCUT2D eigenvalue weighted by Gasteiger charge is -2.32. The molecule has 1 aliphatic heterocycles. The van der Waals surface area contributed by atoms with E-state index in [0.29, 0.717) is 24.6 Å². The number of carbonyl (C=O) groups is 1. The Morgan fingerprint density at radius 2 is 1.86 bits per heavy atom. The molecule has 0 spiro atoms. The van der Waals surface area contributed by atoms with E-state index in [0.717, 1.165) is 12.1 Å². The summed E-state index contributed by atoms with van der Waals surface area (Å²) in [5.41, 5.74) is -0.799. The number of rotatable bonds is 5. The Bertz CT molecular complexity index is 948. The van der Waals surface area contributed by atoms with Crippen molar-refractivity contribution in [3.8, 4) is 0 Å². The van der Waals surface area contributed by atoms with Gasteiger partial charge in [0.05, 0.1) is 10.4 Å². The number of nitrogens with zero attached hydrogens (tertiary/aromatic N) is 3. The van der Waals surface area contributed by atoms with Crippen LogP contribution in [0.25, 0.3) is 0 Å². The van der Waals surface area contributed by atoms with Crippen LogP contribution in [0.15, 0.2) is 33.7 Å². The van der Waals surface area contributed by atoms with Crippen molar-refractivity contribution in [2.45, 2.75) is 44.0 Å². The second-order valence-electron chi connectivity index (χ2n) is 7.38. The van der Waals surface area contributed by atoms with Crippen molar-refractivity contribution in [3.05, 3.63) is 41.8 Å². The molecule has 0 atom stereocenters. The molecular weight excluding hydrogens is 387 g/mol. The van der Waals surface area contributed by atoms with Crippen LogP contribution in [0.5, 0.6) is 0 Å². The Labute approximate surface area is 163 Å². The highest BCUT2D eigenvalue weighted by Crippen LogP contribution is 2.25. The highest BCUT2D eigenvalue weighted by molar-refractivity contribution is 7.89. The SMILES string of the molecule is Cc1nc(C(C)(C)NC(=O)C2CCN(S(=O)(=O)c3ccc(F)cc3)CC2)no1. The number of aromatic nitrogens is 2. The minimum absolute atomic E-state index is 0.0467. The number of aryl methyl sites for hydroxylation is 1. The molecule has 3 rings (SSSR count). The average Bonchev–Trinajstić information content (AvgIpc) is 3.09. The van der Waals surface area contributed by atoms with E-state index in [1.54, 1.807) is 20.8 Å². The Hall–Kier alpha value is -2.33. The van der Waals surface area contributed by atoms with Crippen LogP contribution in [0.2, 0.25) is 0 Å². The van der Waals surface area contributed by atoms with Crippen molar-refractivity contribution >= 4 is 15.9 Å². The molecule has 10 heteroatoms. The topological polar surface area (TPSA) is 105 Å². The van der Waals surface area contributed by atoms with Crippen molar-refractivity contribution in [3.63, 3.8) is 0 Å². The number of hydrogen-bond donors (Lipinski definition) is 1. The fraction of sp³-hybridized carbons (Fsp3) is 0.500. The quantitative estimate of drug-likeness (QED) is 0.808. The molecule has 0 aliphatic carbocycles. The maximum atomic E-state index is 13.0. The summed E-state index contributed by atoms with van der Waals surface area (Å²) >= 11 is 0. The van der Waals surface area contributed by atoms with Gasteiger partial charge in [0.25, 0.3) is 0 Å². The first kappa shape index (κ1) is 20.4. The molecule has 0 saturated carbocycles. The van der Waals surface area contributed by atoms with E-state index in [-0.39, 0.29) is 29.8 Å². The zero-order chi connectivity index (χ0) is 20.5. The minimum atomic E-state index is -3.70. The van der Waals surface area contributed by atoms with E-state index in [4.69, 9.17) is 4.52 Å². The summed E-state index contributed by atoms with van der Waals surface area (Å²) in [6, 6.07) is 4.74. The van der Waals surface area contributed by atoms with Crippen LogP contribution >= 0.6 is 0 Å².